The number of carbonyl (C=O) groups is 1. The largest absolute Gasteiger partial charge is 0.289 e. The van der Waals surface area contributed by atoms with Gasteiger partial charge in [-0.25, -0.2) is 0 Å². The molecule has 0 spiro atoms. The van der Waals surface area contributed by atoms with Gasteiger partial charge in [0.2, 0.25) is 0 Å². The van der Waals surface area contributed by atoms with Crippen molar-refractivity contribution in [3.8, 4) is 0 Å². The monoisotopic (exact) mass is 537 g/mol. The molecule has 0 fully saturated rings. The predicted octanol–water partition coefficient (Wildman–Crippen LogP) is 6.99. The van der Waals surface area contributed by atoms with E-state index in [1.54, 1.807) is 0 Å². The van der Waals surface area contributed by atoms with E-state index in [9.17, 15) is 4.79 Å². The molecule has 5 rings (SSSR count). The van der Waals surface area contributed by atoms with Gasteiger partial charge >= 0.3 is 0 Å². The number of rotatable bonds is 7. The Labute approximate surface area is 218 Å². The Balaban J connectivity index is 0.00000289. The van der Waals surface area contributed by atoms with Gasteiger partial charge in [0.05, 0.1) is 6.16 Å². The van der Waals surface area contributed by atoms with E-state index in [1.807, 2.05) is 42.5 Å². The molecular formula is C32H27BrOP+. The predicted molar refractivity (Wildman–Crippen MR) is 155 cm³/mol. The van der Waals surface area contributed by atoms with Crippen LogP contribution in [0.25, 0.3) is 0 Å². The number of ketones is 1. The van der Waals surface area contributed by atoms with Crippen LogP contribution < -0.4 is 15.9 Å². The molecule has 0 aromatic heterocycles. The van der Waals surface area contributed by atoms with Crippen molar-refractivity contribution in [2.24, 2.45) is 0 Å². The molecule has 0 unspecified atom stereocenters. The van der Waals surface area contributed by atoms with Crippen molar-refractivity contribution in [2.45, 2.75) is 6.16 Å². The third kappa shape index (κ3) is 5.20. The van der Waals surface area contributed by atoms with Gasteiger partial charge in [-0.3, -0.25) is 4.79 Å². The first kappa shape index (κ1) is 24.8. The molecule has 5 aromatic carbocycles. The quantitative estimate of drug-likeness (QED) is 0.161. The van der Waals surface area contributed by atoms with E-state index in [2.05, 4.69) is 103 Å². The van der Waals surface area contributed by atoms with E-state index in [0.29, 0.717) is 0 Å². The van der Waals surface area contributed by atoms with Gasteiger partial charge in [-0.2, -0.15) is 0 Å². The summed E-state index contributed by atoms with van der Waals surface area (Å²) in [5, 5.41) is 4.07. The molecule has 0 saturated carbocycles. The summed E-state index contributed by atoms with van der Waals surface area (Å²) < 4.78 is 0. The lowest BCUT2D eigenvalue weighted by Gasteiger charge is -2.28. The Bertz CT molecular complexity index is 1260. The van der Waals surface area contributed by atoms with Gasteiger partial charge < -0.3 is 0 Å². The highest BCUT2D eigenvalue weighted by molar-refractivity contribution is 8.93. The van der Waals surface area contributed by atoms with Gasteiger partial charge in [0.25, 0.3) is 0 Å². The lowest BCUT2D eigenvalue weighted by atomic mass is 10.0. The molecule has 0 amide bonds. The Morgan fingerprint density at radius 2 is 0.800 bits per heavy atom. The zero-order valence-electron chi connectivity index (χ0n) is 19.3. The highest BCUT2D eigenvalue weighted by atomic mass is 79.9. The Kier molecular flexibility index (Phi) is 8.08. The lowest BCUT2D eigenvalue weighted by molar-refractivity contribution is 0.103. The fraction of sp³-hybridized carbons (Fsp3) is 0.0312. The minimum Gasteiger partial charge on any atom is -0.289 e. The summed E-state index contributed by atoms with van der Waals surface area (Å²) in [5.74, 6) is 0.0578. The minimum atomic E-state index is -1.96. The molecule has 3 heteroatoms. The van der Waals surface area contributed by atoms with Crippen LogP contribution in [0.1, 0.15) is 21.5 Å². The maximum absolute atomic E-state index is 12.9. The summed E-state index contributed by atoms with van der Waals surface area (Å²) in [4.78, 5) is 12.9. The lowest BCUT2D eigenvalue weighted by Crippen LogP contribution is -2.32. The van der Waals surface area contributed by atoms with Gasteiger partial charge in [0, 0.05) is 11.1 Å². The standard InChI is InChI=1S/C32H26OP.BrH/c33-32(27-13-5-1-6-14-27)28-23-21-26(22-24-28)25-34(29-15-7-2-8-16-29,30-17-9-3-10-18-30)31-19-11-4-12-20-31;/h1-24H,25H2;1H/q+1;. The van der Waals surface area contributed by atoms with Crippen LogP contribution in [0.3, 0.4) is 0 Å². The molecule has 0 aliphatic rings. The molecule has 1 nitrogen and oxygen atoms in total. The number of carbonyl (C=O) groups excluding carboxylic acids is 1. The molecule has 0 radical (unpaired) electrons. The maximum Gasteiger partial charge on any atom is 0.193 e. The third-order valence-electron chi connectivity index (χ3n) is 6.26. The van der Waals surface area contributed by atoms with E-state index in [1.165, 1.54) is 21.5 Å². The van der Waals surface area contributed by atoms with E-state index in [-0.39, 0.29) is 22.8 Å². The molecule has 172 valence electrons. The number of hydrogen-bond donors (Lipinski definition) is 0. The van der Waals surface area contributed by atoms with E-state index < -0.39 is 7.26 Å². The second-order valence-electron chi connectivity index (χ2n) is 8.37. The summed E-state index contributed by atoms with van der Waals surface area (Å²) in [6.45, 7) is 0. The van der Waals surface area contributed by atoms with Crippen molar-refractivity contribution in [3.63, 3.8) is 0 Å². The average Bonchev–Trinajstić information content (AvgIpc) is 2.94. The van der Waals surface area contributed by atoms with Crippen LogP contribution in [0, 0.1) is 0 Å². The highest BCUT2D eigenvalue weighted by Gasteiger charge is 2.45. The van der Waals surface area contributed by atoms with Crippen molar-refractivity contribution < 1.29 is 4.79 Å². The Hall–Kier alpha value is -3.32. The van der Waals surface area contributed by atoms with Crippen LogP contribution in [0.15, 0.2) is 146 Å². The summed E-state index contributed by atoms with van der Waals surface area (Å²) in [6, 6.07) is 50.3. The molecule has 35 heavy (non-hydrogen) atoms. The zero-order chi connectivity index (χ0) is 23.2. The smallest absolute Gasteiger partial charge is 0.193 e. The Morgan fingerprint density at radius 1 is 0.457 bits per heavy atom. The van der Waals surface area contributed by atoms with Crippen LogP contribution in [-0.2, 0) is 6.16 Å². The van der Waals surface area contributed by atoms with Gasteiger partial charge in [0.1, 0.15) is 23.2 Å². The van der Waals surface area contributed by atoms with Crippen molar-refractivity contribution in [2.75, 3.05) is 0 Å². The van der Waals surface area contributed by atoms with E-state index >= 15 is 0 Å². The van der Waals surface area contributed by atoms with E-state index in [0.717, 1.165) is 17.3 Å². The molecule has 0 aliphatic heterocycles. The topological polar surface area (TPSA) is 17.1 Å². The fourth-order valence-electron chi connectivity index (χ4n) is 4.56. The molecule has 0 N–H and O–H groups in total. The minimum absolute atomic E-state index is 0. The fourth-order valence-corrected chi connectivity index (χ4v) is 8.80. The zero-order valence-corrected chi connectivity index (χ0v) is 21.9. The summed E-state index contributed by atoms with van der Waals surface area (Å²) in [6.07, 6.45) is 0.894. The second-order valence-corrected chi connectivity index (χ2v) is 11.9. The van der Waals surface area contributed by atoms with Gasteiger partial charge in [-0.15, -0.1) is 17.0 Å². The molecule has 0 atom stereocenters. The van der Waals surface area contributed by atoms with Gasteiger partial charge in [-0.05, 0) is 42.0 Å². The summed E-state index contributed by atoms with van der Waals surface area (Å²) >= 11 is 0. The third-order valence-corrected chi connectivity index (χ3v) is 10.6. The molecular weight excluding hydrogens is 511 g/mol. The first-order valence-electron chi connectivity index (χ1n) is 11.5. The number of halogens is 1. The SMILES string of the molecule is Br.O=C(c1ccccc1)c1ccc(C[P+](c2ccccc2)(c2ccccc2)c2ccccc2)cc1. The van der Waals surface area contributed by atoms with Gasteiger partial charge in [-0.1, -0.05) is 109 Å². The maximum atomic E-state index is 12.9. The van der Waals surface area contributed by atoms with E-state index in [4.69, 9.17) is 0 Å². The molecule has 0 bridgehead atoms. The van der Waals surface area contributed by atoms with Crippen LogP contribution in [0.5, 0.6) is 0 Å². The summed E-state index contributed by atoms with van der Waals surface area (Å²) in [5.41, 5.74) is 2.67. The normalized spacial score (nSPS) is 10.9. The average molecular weight is 538 g/mol. The van der Waals surface area contributed by atoms with Crippen molar-refractivity contribution in [1.29, 1.82) is 0 Å². The van der Waals surface area contributed by atoms with Crippen LogP contribution in [0.2, 0.25) is 0 Å². The second kappa shape index (κ2) is 11.4. The number of benzene rings is 5. The first-order valence-corrected chi connectivity index (χ1v) is 13.5. The molecule has 5 aromatic rings. The molecule has 0 saturated heterocycles. The first-order chi connectivity index (χ1) is 16.8. The summed E-state index contributed by atoms with van der Waals surface area (Å²) in [7, 11) is -1.96. The highest BCUT2D eigenvalue weighted by Crippen LogP contribution is 2.58. The molecule has 0 aliphatic carbocycles. The van der Waals surface area contributed by atoms with Crippen molar-refractivity contribution >= 4 is 45.9 Å². The Morgan fingerprint density at radius 3 is 1.20 bits per heavy atom. The number of hydrogen-bond acceptors (Lipinski definition) is 1. The van der Waals surface area contributed by atoms with Crippen molar-refractivity contribution in [3.05, 3.63) is 162 Å². The van der Waals surface area contributed by atoms with Crippen LogP contribution >= 0.6 is 24.2 Å². The van der Waals surface area contributed by atoms with Crippen LogP contribution in [0.4, 0.5) is 0 Å². The van der Waals surface area contributed by atoms with Gasteiger partial charge in [0.15, 0.2) is 5.78 Å². The molecule has 0 heterocycles. The van der Waals surface area contributed by atoms with Crippen molar-refractivity contribution in [1.82, 2.24) is 0 Å². The van der Waals surface area contributed by atoms with Crippen LogP contribution in [-0.4, -0.2) is 5.78 Å².